The lowest BCUT2D eigenvalue weighted by molar-refractivity contribution is 0.415. The minimum absolute atomic E-state index is 0.172. The molecule has 0 unspecified atom stereocenters. The van der Waals surface area contributed by atoms with E-state index in [0.717, 1.165) is 17.0 Å². The summed E-state index contributed by atoms with van der Waals surface area (Å²) in [6.45, 7) is 4.62. The van der Waals surface area contributed by atoms with E-state index in [0.29, 0.717) is 12.4 Å². The van der Waals surface area contributed by atoms with Crippen LogP contribution in [-0.4, -0.2) is 18.6 Å². The predicted molar refractivity (Wildman–Crippen MR) is 70.6 cm³/mol. The van der Waals surface area contributed by atoms with Crippen LogP contribution in [0.15, 0.2) is 34.9 Å². The fourth-order valence-corrected chi connectivity index (χ4v) is 1.56. The molecule has 1 heterocycles. The highest BCUT2D eigenvalue weighted by molar-refractivity contribution is 5.54. The van der Waals surface area contributed by atoms with Crippen LogP contribution in [0.4, 0.5) is 0 Å². The van der Waals surface area contributed by atoms with E-state index < -0.39 is 0 Å². The largest absolute Gasteiger partial charge is 0.497 e. The average Bonchev–Trinajstić information content (AvgIpc) is 2.89. The lowest BCUT2D eigenvalue weighted by atomic mass is 9.90. The summed E-state index contributed by atoms with van der Waals surface area (Å²) in [6, 6.07) is 7.61. The molecule has 2 aromatic rings. The minimum atomic E-state index is -0.172. The highest BCUT2D eigenvalue weighted by Gasteiger charge is 2.23. The van der Waals surface area contributed by atoms with Crippen molar-refractivity contribution >= 4 is 0 Å². The summed E-state index contributed by atoms with van der Waals surface area (Å²) in [4.78, 5) is 4.49. The molecule has 2 N–H and O–H groups in total. The molecule has 1 aromatic carbocycles. The van der Waals surface area contributed by atoms with Crippen molar-refractivity contribution in [2.24, 2.45) is 5.73 Å². The molecule has 0 aliphatic rings. The van der Waals surface area contributed by atoms with Gasteiger partial charge in [0.1, 0.15) is 12.0 Å². The summed E-state index contributed by atoms with van der Waals surface area (Å²) in [5, 5.41) is 0. The minimum Gasteiger partial charge on any atom is -0.497 e. The number of methoxy groups -OCH3 is 1. The van der Waals surface area contributed by atoms with E-state index in [-0.39, 0.29) is 5.41 Å². The molecule has 0 saturated heterocycles. The van der Waals surface area contributed by atoms with Gasteiger partial charge >= 0.3 is 0 Å². The number of aromatic nitrogens is 1. The van der Waals surface area contributed by atoms with Crippen molar-refractivity contribution in [2.75, 3.05) is 13.7 Å². The maximum Gasteiger partial charge on any atom is 0.226 e. The maximum absolute atomic E-state index is 5.73. The first-order valence-corrected chi connectivity index (χ1v) is 5.87. The van der Waals surface area contributed by atoms with Gasteiger partial charge in [-0.05, 0) is 24.3 Å². The smallest absolute Gasteiger partial charge is 0.226 e. The second kappa shape index (κ2) is 4.82. The fraction of sp³-hybridized carbons (Fsp3) is 0.357. The maximum atomic E-state index is 5.73. The van der Waals surface area contributed by atoms with Crippen molar-refractivity contribution in [3.8, 4) is 17.2 Å². The van der Waals surface area contributed by atoms with Crippen LogP contribution < -0.4 is 10.5 Å². The van der Waals surface area contributed by atoms with E-state index in [4.69, 9.17) is 14.9 Å². The second-order valence-corrected chi connectivity index (χ2v) is 4.85. The van der Waals surface area contributed by atoms with E-state index in [1.165, 1.54) is 0 Å². The molecule has 0 aliphatic carbocycles. The quantitative estimate of drug-likeness (QED) is 0.900. The summed E-state index contributed by atoms with van der Waals surface area (Å²) in [5.74, 6) is 1.42. The van der Waals surface area contributed by atoms with Crippen LogP contribution in [0.1, 0.15) is 19.5 Å². The van der Waals surface area contributed by atoms with E-state index in [1.807, 2.05) is 38.1 Å². The van der Waals surface area contributed by atoms with Gasteiger partial charge in [0.15, 0.2) is 0 Å². The lowest BCUT2D eigenvalue weighted by Gasteiger charge is -2.18. The molecular formula is C14H18N2O2. The summed E-state index contributed by atoms with van der Waals surface area (Å²) in [7, 11) is 1.64. The van der Waals surface area contributed by atoms with Gasteiger partial charge in [0.2, 0.25) is 5.89 Å². The van der Waals surface area contributed by atoms with Crippen molar-refractivity contribution in [3.63, 3.8) is 0 Å². The molecule has 0 fully saturated rings. The van der Waals surface area contributed by atoms with Crippen LogP contribution in [0.2, 0.25) is 0 Å². The lowest BCUT2D eigenvalue weighted by Crippen LogP contribution is -2.28. The SMILES string of the molecule is COc1ccc(-c2nc(C(C)(C)CN)co2)cc1. The Morgan fingerprint density at radius 1 is 1.28 bits per heavy atom. The van der Waals surface area contributed by atoms with Crippen molar-refractivity contribution in [3.05, 3.63) is 36.2 Å². The van der Waals surface area contributed by atoms with E-state index in [9.17, 15) is 0 Å². The molecule has 96 valence electrons. The van der Waals surface area contributed by atoms with Gasteiger partial charge in [-0.15, -0.1) is 0 Å². The molecule has 0 radical (unpaired) electrons. The van der Waals surface area contributed by atoms with E-state index >= 15 is 0 Å². The summed E-state index contributed by atoms with van der Waals surface area (Å²) in [5.41, 5.74) is 7.35. The molecular weight excluding hydrogens is 228 g/mol. The molecule has 0 amide bonds. The first-order chi connectivity index (χ1) is 8.56. The Morgan fingerprint density at radius 3 is 2.50 bits per heavy atom. The Labute approximate surface area is 107 Å². The van der Waals surface area contributed by atoms with Crippen molar-refractivity contribution in [2.45, 2.75) is 19.3 Å². The standard InChI is InChI=1S/C14H18N2O2/c1-14(2,9-15)12-8-18-13(16-12)10-4-6-11(17-3)7-5-10/h4-8H,9,15H2,1-3H3. The molecule has 4 nitrogen and oxygen atoms in total. The summed E-state index contributed by atoms with van der Waals surface area (Å²) < 4.78 is 10.6. The third-order valence-electron chi connectivity index (χ3n) is 3.04. The molecule has 0 atom stereocenters. The van der Waals surface area contributed by atoms with E-state index in [2.05, 4.69) is 4.98 Å². The third kappa shape index (κ3) is 2.38. The molecule has 0 bridgehead atoms. The number of rotatable bonds is 4. The Bertz CT molecular complexity index is 515. The van der Waals surface area contributed by atoms with Crippen LogP contribution >= 0.6 is 0 Å². The monoisotopic (exact) mass is 246 g/mol. The van der Waals surface area contributed by atoms with Crippen molar-refractivity contribution in [1.82, 2.24) is 4.98 Å². The molecule has 0 spiro atoms. The zero-order valence-corrected chi connectivity index (χ0v) is 10.9. The number of hydrogen-bond acceptors (Lipinski definition) is 4. The second-order valence-electron chi connectivity index (χ2n) is 4.85. The Hall–Kier alpha value is -1.81. The van der Waals surface area contributed by atoms with Gasteiger partial charge in [0.25, 0.3) is 0 Å². The highest BCUT2D eigenvalue weighted by Crippen LogP contribution is 2.26. The van der Waals surface area contributed by atoms with Crippen LogP contribution in [0.3, 0.4) is 0 Å². The molecule has 2 rings (SSSR count). The number of ether oxygens (including phenoxy) is 1. The molecule has 18 heavy (non-hydrogen) atoms. The zero-order chi connectivity index (χ0) is 13.2. The molecule has 0 saturated carbocycles. The Morgan fingerprint density at radius 2 is 1.94 bits per heavy atom. The highest BCUT2D eigenvalue weighted by atomic mass is 16.5. The molecule has 0 aliphatic heterocycles. The van der Waals surface area contributed by atoms with Gasteiger partial charge < -0.3 is 14.9 Å². The molecule has 4 heteroatoms. The number of hydrogen-bond donors (Lipinski definition) is 1. The summed E-state index contributed by atoms with van der Waals surface area (Å²) in [6.07, 6.45) is 1.67. The Kier molecular flexibility index (Phi) is 3.39. The van der Waals surface area contributed by atoms with Gasteiger partial charge in [-0.3, -0.25) is 0 Å². The van der Waals surface area contributed by atoms with Crippen LogP contribution in [0.25, 0.3) is 11.5 Å². The van der Waals surface area contributed by atoms with Gasteiger partial charge in [-0.1, -0.05) is 13.8 Å². The van der Waals surface area contributed by atoms with Gasteiger partial charge in [-0.25, -0.2) is 4.98 Å². The zero-order valence-electron chi connectivity index (χ0n) is 10.9. The van der Waals surface area contributed by atoms with Gasteiger partial charge in [0.05, 0.1) is 12.8 Å². The van der Waals surface area contributed by atoms with Crippen LogP contribution in [0, 0.1) is 0 Å². The topological polar surface area (TPSA) is 61.3 Å². The number of nitrogens with zero attached hydrogens (tertiary/aromatic N) is 1. The van der Waals surface area contributed by atoms with Crippen LogP contribution in [-0.2, 0) is 5.41 Å². The van der Waals surface area contributed by atoms with E-state index in [1.54, 1.807) is 13.4 Å². The first-order valence-electron chi connectivity index (χ1n) is 5.87. The number of oxazole rings is 1. The average molecular weight is 246 g/mol. The van der Waals surface area contributed by atoms with Crippen molar-refractivity contribution in [1.29, 1.82) is 0 Å². The summed E-state index contributed by atoms with van der Waals surface area (Å²) >= 11 is 0. The molecule has 1 aromatic heterocycles. The van der Waals surface area contributed by atoms with Gasteiger partial charge in [-0.2, -0.15) is 0 Å². The Balaban J connectivity index is 2.29. The first kappa shape index (κ1) is 12.6. The fourth-order valence-electron chi connectivity index (χ4n) is 1.56. The van der Waals surface area contributed by atoms with Crippen LogP contribution in [0.5, 0.6) is 5.75 Å². The number of benzene rings is 1. The number of nitrogens with two attached hydrogens (primary N) is 1. The third-order valence-corrected chi connectivity index (χ3v) is 3.04. The van der Waals surface area contributed by atoms with Crippen molar-refractivity contribution < 1.29 is 9.15 Å². The predicted octanol–water partition coefficient (Wildman–Crippen LogP) is 2.59. The van der Waals surface area contributed by atoms with Gasteiger partial charge in [0, 0.05) is 17.5 Å². The normalized spacial score (nSPS) is 11.6.